The maximum absolute atomic E-state index is 12.7. The van der Waals surface area contributed by atoms with E-state index in [2.05, 4.69) is 22.1 Å². The molecule has 0 saturated carbocycles. The number of ether oxygens (including phenoxy) is 3. The van der Waals surface area contributed by atoms with Crippen molar-refractivity contribution in [2.24, 2.45) is 0 Å². The van der Waals surface area contributed by atoms with E-state index in [1.807, 2.05) is 54.8 Å². The average Bonchev–Trinajstić information content (AvgIpc) is 3.29. The Balaban J connectivity index is 1.68. The van der Waals surface area contributed by atoms with Gasteiger partial charge in [0.1, 0.15) is 17.2 Å². The normalized spacial score (nSPS) is 11.8. The monoisotopic (exact) mass is 455 g/mol. The molecule has 1 unspecified atom stereocenters. The summed E-state index contributed by atoms with van der Waals surface area (Å²) in [5, 5.41) is 5.37. The lowest BCUT2D eigenvalue weighted by molar-refractivity contribution is -0.117. The lowest BCUT2D eigenvalue weighted by atomic mass is 10.1. The SMILES string of the molecule is CCN(CC(=O)Nc1nc(-c2ccc(OC)cc2OC)cs1)C(C)c1cccc(OC)c1. The summed E-state index contributed by atoms with van der Waals surface area (Å²) >= 11 is 1.38. The van der Waals surface area contributed by atoms with Crippen LogP contribution in [0.25, 0.3) is 11.3 Å². The van der Waals surface area contributed by atoms with Gasteiger partial charge in [0, 0.05) is 23.1 Å². The molecule has 0 radical (unpaired) electrons. The summed E-state index contributed by atoms with van der Waals surface area (Å²) in [6.45, 7) is 5.12. The molecule has 0 aliphatic carbocycles. The second-order valence-corrected chi connectivity index (χ2v) is 8.03. The van der Waals surface area contributed by atoms with Crippen molar-refractivity contribution in [2.75, 3.05) is 39.7 Å². The lowest BCUT2D eigenvalue weighted by Crippen LogP contribution is -2.35. The van der Waals surface area contributed by atoms with Gasteiger partial charge in [-0.2, -0.15) is 0 Å². The molecule has 0 spiro atoms. The number of methoxy groups -OCH3 is 3. The molecule has 0 saturated heterocycles. The molecule has 0 aliphatic rings. The summed E-state index contributed by atoms with van der Waals surface area (Å²) in [7, 11) is 4.87. The number of nitrogens with zero attached hydrogens (tertiary/aromatic N) is 2. The zero-order valence-electron chi connectivity index (χ0n) is 19.0. The second kappa shape index (κ2) is 11.0. The van der Waals surface area contributed by atoms with E-state index in [0.29, 0.717) is 16.6 Å². The van der Waals surface area contributed by atoms with E-state index >= 15 is 0 Å². The van der Waals surface area contributed by atoms with Crippen LogP contribution < -0.4 is 19.5 Å². The number of carbonyl (C=O) groups is 1. The number of amides is 1. The number of hydrogen-bond donors (Lipinski definition) is 1. The topological polar surface area (TPSA) is 72.9 Å². The predicted molar refractivity (Wildman–Crippen MR) is 128 cm³/mol. The predicted octanol–water partition coefficient (Wildman–Crippen LogP) is 4.86. The Morgan fingerprint density at radius 3 is 2.53 bits per heavy atom. The number of benzene rings is 2. The number of hydrogen-bond acceptors (Lipinski definition) is 7. The minimum atomic E-state index is -0.107. The van der Waals surface area contributed by atoms with Gasteiger partial charge in [-0.05, 0) is 43.3 Å². The van der Waals surface area contributed by atoms with Crippen molar-refractivity contribution in [3.8, 4) is 28.5 Å². The molecule has 1 aromatic heterocycles. The fraction of sp³-hybridized carbons (Fsp3) is 0.333. The highest BCUT2D eigenvalue weighted by atomic mass is 32.1. The van der Waals surface area contributed by atoms with E-state index in [9.17, 15) is 4.79 Å². The number of likely N-dealkylation sites (N-methyl/N-ethyl adjacent to an activating group) is 1. The van der Waals surface area contributed by atoms with Crippen LogP contribution in [0.4, 0.5) is 5.13 Å². The summed E-state index contributed by atoms with van der Waals surface area (Å²) in [6.07, 6.45) is 0. The minimum absolute atomic E-state index is 0.0660. The summed E-state index contributed by atoms with van der Waals surface area (Å²) in [6, 6.07) is 13.5. The van der Waals surface area contributed by atoms with Crippen LogP contribution >= 0.6 is 11.3 Å². The highest BCUT2D eigenvalue weighted by molar-refractivity contribution is 7.14. The fourth-order valence-electron chi connectivity index (χ4n) is 3.44. The third-order valence-corrected chi connectivity index (χ3v) is 6.07. The molecule has 0 fully saturated rings. The molecule has 1 amide bonds. The maximum atomic E-state index is 12.7. The van der Waals surface area contributed by atoms with Crippen molar-refractivity contribution in [1.29, 1.82) is 0 Å². The molecular weight excluding hydrogens is 426 g/mol. The maximum Gasteiger partial charge on any atom is 0.240 e. The quantitative estimate of drug-likeness (QED) is 0.471. The zero-order chi connectivity index (χ0) is 23.1. The van der Waals surface area contributed by atoms with Crippen molar-refractivity contribution in [2.45, 2.75) is 19.9 Å². The standard InChI is InChI=1S/C24H29N3O4S/c1-6-27(16(2)17-8-7-9-18(12-17)29-3)14-23(28)26-24-25-21(15-32-24)20-11-10-19(30-4)13-22(20)31-5/h7-13,15-16H,6,14H2,1-5H3,(H,25,26,28). The van der Waals surface area contributed by atoms with Crippen LogP contribution in [0.15, 0.2) is 47.8 Å². The van der Waals surface area contributed by atoms with E-state index in [1.165, 1.54) is 11.3 Å². The third-order valence-electron chi connectivity index (χ3n) is 5.31. The molecule has 2 aromatic carbocycles. The van der Waals surface area contributed by atoms with Crippen molar-refractivity contribution in [3.63, 3.8) is 0 Å². The Morgan fingerprint density at radius 1 is 1.09 bits per heavy atom. The van der Waals surface area contributed by atoms with Gasteiger partial charge in [0.25, 0.3) is 0 Å². The second-order valence-electron chi connectivity index (χ2n) is 7.17. The molecule has 32 heavy (non-hydrogen) atoms. The Bertz CT molecular complexity index is 1050. The Kier molecular flexibility index (Phi) is 8.08. The smallest absolute Gasteiger partial charge is 0.240 e. The number of nitrogens with one attached hydrogen (secondary N) is 1. The number of thiazole rings is 1. The van der Waals surface area contributed by atoms with Crippen molar-refractivity contribution >= 4 is 22.4 Å². The Labute approximate surface area is 193 Å². The van der Waals surface area contributed by atoms with Crippen molar-refractivity contribution < 1.29 is 19.0 Å². The summed E-state index contributed by atoms with van der Waals surface area (Å²) in [4.78, 5) is 19.4. The van der Waals surface area contributed by atoms with E-state index in [-0.39, 0.29) is 18.5 Å². The van der Waals surface area contributed by atoms with Crippen LogP contribution in [0.1, 0.15) is 25.5 Å². The van der Waals surface area contributed by atoms with Gasteiger partial charge in [-0.15, -0.1) is 11.3 Å². The average molecular weight is 456 g/mol. The van der Waals surface area contributed by atoms with Crippen LogP contribution in [-0.2, 0) is 4.79 Å². The van der Waals surface area contributed by atoms with Crippen LogP contribution in [0.2, 0.25) is 0 Å². The largest absolute Gasteiger partial charge is 0.497 e. The first-order valence-corrected chi connectivity index (χ1v) is 11.2. The van der Waals surface area contributed by atoms with Crippen LogP contribution in [0, 0.1) is 0 Å². The van der Waals surface area contributed by atoms with Gasteiger partial charge < -0.3 is 19.5 Å². The summed E-state index contributed by atoms with van der Waals surface area (Å²) in [5.41, 5.74) is 2.68. The fourth-order valence-corrected chi connectivity index (χ4v) is 4.17. The molecular formula is C24H29N3O4S. The van der Waals surface area contributed by atoms with E-state index < -0.39 is 0 Å². The molecule has 1 atom stereocenters. The van der Waals surface area contributed by atoms with Gasteiger partial charge in [-0.1, -0.05) is 19.1 Å². The summed E-state index contributed by atoms with van der Waals surface area (Å²) in [5.74, 6) is 2.07. The van der Waals surface area contributed by atoms with Gasteiger partial charge in [0.2, 0.25) is 5.91 Å². The molecule has 7 nitrogen and oxygen atoms in total. The molecule has 1 heterocycles. The number of carbonyl (C=O) groups excluding carboxylic acids is 1. The third kappa shape index (κ3) is 5.57. The van der Waals surface area contributed by atoms with Gasteiger partial charge in [-0.3, -0.25) is 9.69 Å². The molecule has 8 heteroatoms. The lowest BCUT2D eigenvalue weighted by Gasteiger charge is -2.27. The van der Waals surface area contributed by atoms with Crippen molar-refractivity contribution in [3.05, 3.63) is 53.4 Å². The molecule has 0 aliphatic heterocycles. The number of anilines is 1. The minimum Gasteiger partial charge on any atom is -0.497 e. The summed E-state index contributed by atoms with van der Waals surface area (Å²) < 4.78 is 16.0. The van der Waals surface area contributed by atoms with Crippen LogP contribution in [-0.4, -0.2) is 50.2 Å². The van der Waals surface area contributed by atoms with Crippen LogP contribution in [0.5, 0.6) is 17.2 Å². The molecule has 0 bridgehead atoms. The molecule has 170 valence electrons. The first kappa shape index (κ1) is 23.6. The highest BCUT2D eigenvalue weighted by Gasteiger charge is 2.19. The van der Waals surface area contributed by atoms with E-state index in [1.54, 1.807) is 21.3 Å². The van der Waals surface area contributed by atoms with E-state index in [4.69, 9.17) is 14.2 Å². The van der Waals surface area contributed by atoms with Gasteiger partial charge in [-0.25, -0.2) is 4.98 Å². The van der Waals surface area contributed by atoms with Gasteiger partial charge in [0.05, 0.1) is 33.6 Å². The highest BCUT2D eigenvalue weighted by Crippen LogP contribution is 2.35. The van der Waals surface area contributed by atoms with Crippen molar-refractivity contribution in [1.82, 2.24) is 9.88 Å². The molecule has 1 N–H and O–H groups in total. The molecule has 3 rings (SSSR count). The Morgan fingerprint density at radius 2 is 1.84 bits per heavy atom. The van der Waals surface area contributed by atoms with E-state index in [0.717, 1.165) is 29.1 Å². The zero-order valence-corrected chi connectivity index (χ0v) is 19.9. The van der Waals surface area contributed by atoms with Crippen LogP contribution in [0.3, 0.4) is 0 Å². The van der Waals surface area contributed by atoms with Gasteiger partial charge >= 0.3 is 0 Å². The van der Waals surface area contributed by atoms with Gasteiger partial charge in [0.15, 0.2) is 5.13 Å². The Hall–Kier alpha value is -3.10. The number of aromatic nitrogens is 1. The molecule has 3 aromatic rings. The first-order valence-electron chi connectivity index (χ1n) is 10.3. The first-order chi connectivity index (χ1) is 15.5. The number of rotatable bonds is 10.